The highest BCUT2D eigenvalue weighted by atomic mass is 35.5. The van der Waals surface area contributed by atoms with Crippen molar-refractivity contribution in [1.82, 2.24) is 5.32 Å². The summed E-state index contributed by atoms with van der Waals surface area (Å²) in [5.74, 6) is -0.351. The van der Waals surface area contributed by atoms with Gasteiger partial charge < -0.3 is 5.32 Å². The van der Waals surface area contributed by atoms with E-state index in [9.17, 15) is 9.59 Å². The highest BCUT2D eigenvalue weighted by Gasteiger charge is 2.15. The lowest BCUT2D eigenvalue weighted by atomic mass is 10.1. The number of ketones is 1. The van der Waals surface area contributed by atoms with Crippen molar-refractivity contribution in [1.29, 1.82) is 0 Å². The molecule has 4 heteroatoms. The van der Waals surface area contributed by atoms with Crippen molar-refractivity contribution in [2.24, 2.45) is 0 Å². The van der Waals surface area contributed by atoms with Crippen LogP contribution in [0.5, 0.6) is 0 Å². The first-order valence-corrected chi connectivity index (χ1v) is 5.37. The van der Waals surface area contributed by atoms with Gasteiger partial charge in [0.2, 0.25) is 0 Å². The van der Waals surface area contributed by atoms with Gasteiger partial charge in [-0.1, -0.05) is 17.7 Å². The maximum Gasteiger partial charge on any atom is 0.252 e. The quantitative estimate of drug-likeness (QED) is 0.880. The van der Waals surface area contributed by atoms with Crippen LogP contribution in [0.25, 0.3) is 0 Å². The zero-order valence-electron chi connectivity index (χ0n) is 9.50. The van der Waals surface area contributed by atoms with Crippen LogP contribution in [0.15, 0.2) is 18.2 Å². The number of hydrogen-bond acceptors (Lipinski definition) is 2. The Morgan fingerprint density at radius 3 is 2.56 bits per heavy atom. The lowest BCUT2D eigenvalue weighted by molar-refractivity contribution is -0.118. The molecule has 0 fully saturated rings. The van der Waals surface area contributed by atoms with E-state index in [1.807, 2.05) is 0 Å². The second-order valence-corrected chi connectivity index (χ2v) is 4.13. The van der Waals surface area contributed by atoms with Crippen molar-refractivity contribution >= 4 is 23.3 Å². The summed E-state index contributed by atoms with van der Waals surface area (Å²) < 4.78 is 0. The standard InChI is InChI=1S/C12H14ClNO2/c1-7-10(5-4-6-11(7)13)12(16)14-8(2)9(3)15/h4-6,8H,1-3H3,(H,14,16). The van der Waals surface area contributed by atoms with Crippen LogP contribution in [0.2, 0.25) is 5.02 Å². The molecule has 3 nitrogen and oxygen atoms in total. The number of amides is 1. The van der Waals surface area contributed by atoms with E-state index in [2.05, 4.69) is 5.32 Å². The van der Waals surface area contributed by atoms with Crippen LogP contribution >= 0.6 is 11.6 Å². The van der Waals surface area contributed by atoms with Crippen LogP contribution < -0.4 is 5.32 Å². The fraction of sp³-hybridized carbons (Fsp3) is 0.333. The molecule has 0 aliphatic rings. The number of hydrogen-bond donors (Lipinski definition) is 1. The van der Waals surface area contributed by atoms with E-state index in [1.165, 1.54) is 6.92 Å². The van der Waals surface area contributed by atoms with Crippen molar-refractivity contribution < 1.29 is 9.59 Å². The molecule has 1 unspecified atom stereocenters. The molecule has 0 aromatic heterocycles. The summed E-state index contributed by atoms with van der Waals surface area (Å²) in [4.78, 5) is 22.8. The van der Waals surface area contributed by atoms with Crippen LogP contribution in [-0.4, -0.2) is 17.7 Å². The molecule has 0 radical (unpaired) electrons. The molecule has 86 valence electrons. The first kappa shape index (κ1) is 12.7. The number of Topliss-reactive ketones (excluding diaryl/α,β-unsaturated/α-hetero) is 1. The van der Waals surface area contributed by atoms with Gasteiger partial charge in [-0.25, -0.2) is 0 Å². The van der Waals surface area contributed by atoms with E-state index in [4.69, 9.17) is 11.6 Å². The second-order valence-electron chi connectivity index (χ2n) is 3.72. The zero-order chi connectivity index (χ0) is 12.3. The summed E-state index contributed by atoms with van der Waals surface area (Å²) in [6.45, 7) is 4.87. The lowest BCUT2D eigenvalue weighted by Gasteiger charge is -2.12. The van der Waals surface area contributed by atoms with Gasteiger partial charge >= 0.3 is 0 Å². The first-order valence-electron chi connectivity index (χ1n) is 5.00. The molecule has 0 heterocycles. The highest BCUT2D eigenvalue weighted by molar-refractivity contribution is 6.31. The molecule has 0 aliphatic carbocycles. The normalized spacial score (nSPS) is 12.0. The number of rotatable bonds is 3. The van der Waals surface area contributed by atoms with Gasteiger partial charge in [-0.15, -0.1) is 0 Å². The minimum absolute atomic E-state index is 0.0759. The smallest absolute Gasteiger partial charge is 0.252 e. The first-order chi connectivity index (χ1) is 7.43. The third kappa shape index (κ3) is 2.83. The molecule has 1 N–H and O–H groups in total. The fourth-order valence-corrected chi connectivity index (χ4v) is 1.40. The monoisotopic (exact) mass is 239 g/mol. The predicted molar refractivity (Wildman–Crippen MR) is 63.8 cm³/mol. The maximum absolute atomic E-state index is 11.8. The molecule has 1 aromatic carbocycles. The van der Waals surface area contributed by atoms with Gasteiger partial charge in [-0.3, -0.25) is 9.59 Å². The SMILES string of the molecule is CC(=O)C(C)NC(=O)c1cccc(Cl)c1C. The van der Waals surface area contributed by atoms with Crippen molar-refractivity contribution in [2.75, 3.05) is 0 Å². The molecule has 0 bridgehead atoms. The van der Waals surface area contributed by atoms with Gasteiger partial charge in [0.15, 0.2) is 5.78 Å². The number of nitrogens with one attached hydrogen (secondary N) is 1. The zero-order valence-corrected chi connectivity index (χ0v) is 10.3. The van der Waals surface area contributed by atoms with Gasteiger partial charge in [-0.05, 0) is 38.5 Å². The van der Waals surface area contributed by atoms with Crippen molar-refractivity contribution in [2.45, 2.75) is 26.8 Å². The molecule has 16 heavy (non-hydrogen) atoms. The third-order valence-electron chi connectivity index (χ3n) is 2.47. The van der Waals surface area contributed by atoms with Crippen LogP contribution in [0.1, 0.15) is 29.8 Å². The minimum atomic E-state index is -0.481. The Bertz CT molecular complexity index is 429. The Kier molecular flexibility index (Phi) is 4.07. The number of benzene rings is 1. The molecule has 0 spiro atoms. The van der Waals surface area contributed by atoms with E-state index in [0.29, 0.717) is 10.6 Å². The van der Waals surface area contributed by atoms with Crippen molar-refractivity contribution in [3.05, 3.63) is 34.3 Å². The van der Waals surface area contributed by atoms with Crippen LogP contribution in [0.3, 0.4) is 0 Å². The summed E-state index contributed by atoms with van der Waals surface area (Å²) in [6.07, 6.45) is 0. The van der Waals surface area contributed by atoms with E-state index < -0.39 is 6.04 Å². The van der Waals surface area contributed by atoms with Gasteiger partial charge in [0.25, 0.3) is 5.91 Å². The molecule has 0 aliphatic heterocycles. The van der Waals surface area contributed by atoms with Crippen LogP contribution in [0, 0.1) is 6.92 Å². The van der Waals surface area contributed by atoms with E-state index in [-0.39, 0.29) is 11.7 Å². The van der Waals surface area contributed by atoms with Crippen molar-refractivity contribution in [3.63, 3.8) is 0 Å². The Labute approximate surface area is 99.8 Å². The Morgan fingerprint density at radius 2 is 2.00 bits per heavy atom. The predicted octanol–water partition coefficient (Wildman–Crippen LogP) is 2.36. The highest BCUT2D eigenvalue weighted by Crippen LogP contribution is 2.18. The van der Waals surface area contributed by atoms with Gasteiger partial charge in [0.05, 0.1) is 6.04 Å². The molecule has 1 amide bonds. The minimum Gasteiger partial charge on any atom is -0.343 e. The lowest BCUT2D eigenvalue weighted by Crippen LogP contribution is -2.37. The van der Waals surface area contributed by atoms with Gasteiger partial charge in [0.1, 0.15) is 0 Å². The molecule has 1 rings (SSSR count). The van der Waals surface area contributed by atoms with E-state index in [0.717, 1.165) is 5.56 Å². The molecule has 0 saturated heterocycles. The maximum atomic E-state index is 11.8. The molecule has 1 atom stereocenters. The average Bonchev–Trinajstić information content (AvgIpc) is 2.21. The number of halogens is 1. The van der Waals surface area contributed by atoms with Crippen LogP contribution in [-0.2, 0) is 4.79 Å². The largest absolute Gasteiger partial charge is 0.343 e. The van der Waals surface area contributed by atoms with E-state index >= 15 is 0 Å². The third-order valence-corrected chi connectivity index (χ3v) is 2.88. The summed E-state index contributed by atoms with van der Waals surface area (Å²) in [5.41, 5.74) is 1.22. The number of carbonyl (C=O) groups excluding carboxylic acids is 2. The van der Waals surface area contributed by atoms with Gasteiger partial charge in [-0.2, -0.15) is 0 Å². The Morgan fingerprint density at radius 1 is 1.38 bits per heavy atom. The Hall–Kier alpha value is -1.35. The molecule has 0 saturated carbocycles. The van der Waals surface area contributed by atoms with Crippen molar-refractivity contribution in [3.8, 4) is 0 Å². The molecular weight excluding hydrogens is 226 g/mol. The summed E-state index contributed by atoms with van der Waals surface area (Å²) in [7, 11) is 0. The van der Waals surface area contributed by atoms with Crippen LogP contribution in [0.4, 0.5) is 0 Å². The number of carbonyl (C=O) groups is 2. The summed E-state index contributed by atoms with van der Waals surface area (Å²) in [5, 5.41) is 3.16. The van der Waals surface area contributed by atoms with E-state index in [1.54, 1.807) is 32.0 Å². The second kappa shape index (κ2) is 5.12. The summed E-state index contributed by atoms with van der Waals surface area (Å²) in [6, 6.07) is 4.64. The molecule has 1 aromatic rings. The Balaban J connectivity index is 2.89. The summed E-state index contributed by atoms with van der Waals surface area (Å²) >= 11 is 5.91. The topological polar surface area (TPSA) is 46.2 Å². The fourth-order valence-electron chi connectivity index (χ4n) is 1.23. The van der Waals surface area contributed by atoms with Gasteiger partial charge in [0, 0.05) is 10.6 Å². The molecular formula is C12H14ClNO2. The average molecular weight is 240 g/mol.